The van der Waals surface area contributed by atoms with Crippen LogP contribution in [0.15, 0.2) is 18.2 Å². The molecule has 0 atom stereocenters. The van der Waals surface area contributed by atoms with Crippen molar-refractivity contribution in [3.05, 3.63) is 23.8 Å². The lowest BCUT2D eigenvalue weighted by molar-refractivity contribution is 0.411. The van der Waals surface area contributed by atoms with Crippen molar-refractivity contribution < 1.29 is 13.2 Å². The second-order valence-corrected chi connectivity index (χ2v) is 6.55. The van der Waals surface area contributed by atoms with E-state index >= 15 is 0 Å². The highest BCUT2D eigenvalue weighted by atomic mass is 32.2. The summed E-state index contributed by atoms with van der Waals surface area (Å²) in [5.41, 5.74) is 6.87. The van der Waals surface area contributed by atoms with Crippen LogP contribution in [0.3, 0.4) is 0 Å². The third-order valence-electron chi connectivity index (χ3n) is 2.75. The third kappa shape index (κ3) is 4.56. The molecule has 2 N–H and O–H groups in total. The number of hydrogen-bond donors (Lipinski definition) is 1. The summed E-state index contributed by atoms with van der Waals surface area (Å²) < 4.78 is 29.0. The summed E-state index contributed by atoms with van der Waals surface area (Å²) in [6.45, 7) is 2.05. The highest BCUT2D eigenvalue weighted by molar-refractivity contribution is 7.90. The Hall–Kier alpha value is -1.23. The van der Waals surface area contributed by atoms with Crippen LogP contribution < -0.4 is 10.5 Å². The van der Waals surface area contributed by atoms with Crippen LogP contribution in [0.25, 0.3) is 0 Å². The molecule has 1 rings (SSSR count). The second kappa shape index (κ2) is 6.64. The molecule has 0 aliphatic carbocycles. The van der Waals surface area contributed by atoms with Gasteiger partial charge in [0.15, 0.2) is 9.84 Å². The average molecular weight is 271 g/mol. The monoisotopic (exact) mass is 271 g/mol. The Kier molecular flexibility index (Phi) is 5.47. The largest absolute Gasteiger partial charge is 0.496 e. The van der Waals surface area contributed by atoms with E-state index in [0.29, 0.717) is 17.0 Å². The fourth-order valence-corrected chi connectivity index (χ4v) is 3.26. The van der Waals surface area contributed by atoms with Gasteiger partial charge in [-0.05, 0) is 12.5 Å². The predicted octanol–water partition coefficient (Wildman–Crippen LogP) is 2.38. The molecule has 0 saturated heterocycles. The number of benzene rings is 1. The van der Waals surface area contributed by atoms with Crippen LogP contribution >= 0.6 is 0 Å². The Bertz CT molecular complexity index is 483. The molecular formula is C13H21NO3S. The quantitative estimate of drug-likeness (QED) is 0.610. The molecule has 5 heteroatoms. The van der Waals surface area contributed by atoms with E-state index in [2.05, 4.69) is 6.92 Å². The molecule has 1 aromatic rings. The Balaban J connectivity index is 2.77. The lowest BCUT2D eigenvalue weighted by Gasteiger charge is -2.10. The van der Waals surface area contributed by atoms with E-state index in [4.69, 9.17) is 10.5 Å². The molecule has 0 amide bonds. The molecule has 0 aliphatic rings. The Morgan fingerprint density at radius 1 is 1.28 bits per heavy atom. The van der Waals surface area contributed by atoms with Crippen molar-refractivity contribution in [1.29, 1.82) is 0 Å². The molecular weight excluding hydrogens is 250 g/mol. The van der Waals surface area contributed by atoms with E-state index in [9.17, 15) is 8.42 Å². The van der Waals surface area contributed by atoms with Crippen LogP contribution in [0.4, 0.5) is 5.69 Å². The van der Waals surface area contributed by atoms with E-state index in [1.54, 1.807) is 18.2 Å². The van der Waals surface area contributed by atoms with Crippen LogP contribution in [0.2, 0.25) is 0 Å². The highest BCUT2D eigenvalue weighted by Crippen LogP contribution is 2.23. The van der Waals surface area contributed by atoms with Gasteiger partial charge in [0.25, 0.3) is 0 Å². The lowest BCUT2D eigenvalue weighted by atomic mass is 10.2. The summed E-state index contributed by atoms with van der Waals surface area (Å²) in [6.07, 6.45) is 2.68. The molecule has 18 heavy (non-hydrogen) atoms. The summed E-state index contributed by atoms with van der Waals surface area (Å²) in [7, 11) is -1.56. The van der Waals surface area contributed by atoms with Gasteiger partial charge < -0.3 is 10.5 Å². The number of ether oxygens (including phenoxy) is 1. The number of hydrogen-bond acceptors (Lipinski definition) is 4. The van der Waals surface area contributed by atoms with Gasteiger partial charge in [0.1, 0.15) is 5.75 Å². The molecule has 0 aromatic heterocycles. The van der Waals surface area contributed by atoms with Gasteiger partial charge in [0, 0.05) is 17.3 Å². The Morgan fingerprint density at radius 2 is 2.00 bits per heavy atom. The molecule has 4 nitrogen and oxygen atoms in total. The number of nitrogen functional groups attached to an aromatic ring is 1. The van der Waals surface area contributed by atoms with E-state index in [-0.39, 0.29) is 11.5 Å². The van der Waals surface area contributed by atoms with Crippen LogP contribution in [0, 0.1) is 0 Å². The minimum atomic E-state index is -3.07. The number of methoxy groups -OCH3 is 1. The van der Waals surface area contributed by atoms with Crippen LogP contribution in [-0.2, 0) is 15.6 Å². The molecule has 0 bridgehead atoms. The zero-order valence-corrected chi connectivity index (χ0v) is 11.8. The average Bonchev–Trinajstić information content (AvgIpc) is 2.31. The van der Waals surface area contributed by atoms with Gasteiger partial charge in [-0.3, -0.25) is 0 Å². The Morgan fingerprint density at radius 3 is 2.61 bits per heavy atom. The molecule has 0 fully saturated rings. The first kappa shape index (κ1) is 14.8. The van der Waals surface area contributed by atoms with Crippen molar-refractivity contribution in [2.45, 2.75) is 31.9 Å². The smallest absolute Gasteiger partial charge is 0.154 e. The van der Waals surface area contributed by atoms with E-state index in [1.807, 2.05) is 0 Å². The maximum absolute atomic E-state index is 11.9. The fourth-order valence-electron chi connectivity index (χ4n) is 1.76. The van der Waals surface area contributed by atoms with Crippen LogP contribution in [0.1, 0.15) is 31.7 Å². The SMILES string of the molecule is CCCCCS(=O)(=O)Cc1ccc(N)cc1OC. The van der Waals surface area contributed by atoms with Gasteiger partial charge in [0.05, 0.1) is 18.6 Å². The zero-order chi connectivity index (χ0) is 13.6. The second-order valence-electron chi connectivity index (χ2n) is 4.37. The standard InChI is InChI=1S/C13H21NO3S/c1-3-4-5-8-18(15,16)10-11-6-7-12(14)9-13(11)17-2/h6-7,9H,3-5,8,10,14H2,1-2H3. The predicted molar refractivity (Wildman–Crippen MR) is 74.4 cm³/mol. The van der Waals surface area contributed by atoms with Gasteiger partial charge in [-0.25, -0.2) is 8.42 Å². The van der Waals surface area contributed by atoms with Gasteiger partial charge in [-0.2, -0.15) is 0 Å². The number of anilines is 1. The van der Waals surface area contributed by atoms with Crippen LogP contribution in [-0.4, -0.2) is 21.3 Å². The first-order chi connectivity index (χ1) is 8.48. The number of rotatable bonds is 7. The van der Waals surface area contributed by atoms with Gasteiger partial charge in [-0.1, -0.05) is 25.8 Å². The number of sulfone groups is 1. The fraction of sp³-hybridized carbons (Fsp3) is 0.538. The molecule has 0 aliphatic heterocycles. The molecule has 1 aromatic carbocycles. The minimum Gasteiger partial charge on any atom is -0.496 e. The van der Waals surface area contributed by atoms with Crippen molar-refractivity contribution in [1.82, 2.24) is 0 Å². The summed E-state index contributed by atoms with van der Waals surface area (Å²) in [4.78, 5) is 0. The van der Waals surface area contributed by atoms with E-state index in [1.165, 1.54) is 7.11 Å². The molecule has 0 saturated carbocycles. The maximum Gasteiger partial charge on any atom is 0.154 e. The van der Waals surface area contributed by atoms with Crippen molar-refractivity contribution >= 4 is 15.5 Å². The minimum absolute atomic E-state index is 0.0141. The van der Waals surface area contributed by atoms with E-state index < -0.39 is 9.84 Å². The molecule has 102 valence electrons. The zero-order valence-electron chi connectivity index (χ0n) is 11.0. The lowest BCUT2D eigenvalue weighted by Crippen LogP contribution is -2.10. The summed E-state index contributed by atoms with van der Waals surface area (Å²) in [6, 6.07) is 5.06. The first-order valence-electron chi connectivity index (χ1n) is 6.11. The first-order valence-corrected chi connectivity index (χ1v) is 7.93. The molecule has 0 heterocycles. The van der Waals surface area contributed by atoms with Gasteiger partial charge >= 0.3 is 0 Å². The third-order valence-corrected chi connectivity index (χ3v) is 4.41. The number of unbranched alkanes of at least 4 members (excludes halogenated alkanes) is 2. The summed E-state index contributed by atoms with van der Waals surface area (Å²) in [5.74, 6) is 0.781. The summed E-state index contributed by atoms with van der Waals surface area (Å²) >= 11 is 0. The van der Waals surface area contributed by atoms with Gasteiger partial charge in [0.2, 0.25) is 0 Å². The maximum atomic E-state index is 11.9. The normalized spacial score (nSPS) is 11.4. The highest BCUT2D eigenvalue weighted by Gasteiger charge is 2.14. The Labute approximate surface area is 109 Å². The van der Waals surface area contributed by atoms with Crippen molar-refractivity contribution in [2.24, 2.45) is 0 Å². The molecule has 0 unspecified atom stereocenters. The van der Waals surface area contributed by atoms with Crippen molar-refractivity contribution in [3.8, 4) is 5.75 Å². The van der Waals surface area contributed by atoms with Crippen LogP contribution in [0.5, 0.6) is 5.75 Å². The van der Waals surface area contributed by atoms with E-state index in [0.717, 1.165) is 19.3 Å². The topological polar surface area (TPSA) is 69.4 Å². The van der Waals surface area contributed by atoms with Crippen molar-refractivity contribution in [3.63, 3.8) is 0 Å². The molecule has 0 radical (unpaired) electrons. The van der Waals surface area contributed by atoms with Gasteiger partial charge in [-0.15, -0.1) is 0 Å². The number of nitrogens with two attached hydrogens (primary N) is 1. The summed E-state index contributed by atoms with van der Waals surface area (Å²) in [5, 5.41) is 0. The van der Waals surface area contributed by atoms with Crippen molar-refractivity contribution in [2.75, 3.05) is 18.6 Å². The molecule has 0 spiro atoms.